The Bertz CT molecular complexity index is 911. The van der Waals surface area contributed by atoms with Crippen LogP contribution >= 0.6 is 0 Å². The molecule has 1 amide bonds. The molecular formula is C19H22F4N4O2. The second kappa shape index (κ2) is 8.02. The number of fused-ring (bicyclic) bond motifs is 1. The quantitative estimate of drug-likeness (QED) is 0.747. The lowest BCUT2D eigenvalue weighted by Gasteiger charge is -2.37. The van der Waals surface area contributed by atoms with Crippen molar-refractivity contribution in [3.63, 3.8) is 0 Å². The van der Waals surface area contributed by atoms with Crippen molar-refractivity contribution >= 4 is 22.8 Å². The Balaban J connectivity index is 1.96. The van der Waals surface area contributed by atoms with Crippen LogP contribution in [0, 0.1) is 12.7 Å². The number of carboxylic acid groups (broad SMARTS) is 1. The number of benzene rings is 1. The maximum Gasteiger partial charge on any atom is 0.405 e. The third kappa shape index (κ3) is 4.87. The van der Waals surface area contributed by atoms with Crippen LogP contribution in [-0.2, 0) is 0 Å². The summed E-state index contributed by atoms with van der Waals surface area (Å²) in [6, 6.07) is 4.06. The van der Waals surface area contributed by atoms with E-state index < -0.39 is 30.7 Å². The molecule has 0 saturated carbocycles. The molecule has 158 valence electrons. The largest absolute Gasteiger partial charge is 0.465 e. The third-order valence-electron chi connectivity index (χ3n) is 5.06. The molecule has 2 N–H and O–H groups in total. The zero-order valence-corrected chi connectivity index (χ0v) is 16.1. The predicted molar refractivity (Wildman–Crippen MR) is 101 cm³/mol. The minimum Gasteiger partial charge on any atom is -0.465 e. The highest BCUT2D eigenvalue weighted by Crippen LogP contribution is 2.31. The average Bonchev–Trinajstić information content (AvgIpc) is 2.63. The summed E-state index contributed by atoms with van der Waals surface area (Å²) in [6.45, 7) is 3.29. The Morgan fingerprint density at radius 2 is 1.93 bits per heavy atom. The van der Waals surface area contributed by atoms with Crippen molar-refractivity contribution in [2.24, 2.45) is 0 Å². The first-order valence-electron chi connectivity index (χ1n) is 9.18. The van der Waals surface area contributed by atoms with Crippen molar-refractivity contribution in [2.75, 3.05) is 37.6 Å². The predicted octanol–water partition coefficient (Wildman–Crippen LogP) is 3.70. The SMILES string of the molecule is Cc1c(F)ccc2cc(C(C)NC(=O)O)c(N3CCN(CC(F)(F)F)CC3)nc12. The number of amides is 1. The number of rotatable bonds is 4. The van der Waals surface area contributed by atoms with Crippen LogP contribution < -0.4 is 10.2 Å². The van der Waals surface area contributed by atoms with Gasteiger partial charge in [-0.3, -0.25) is 4.90 Å². The van der Waals surface area contributed by atoms with Gasteiger partial charge in [0.2, 0.25) is 0 Å². The van der Waals surface area contributed by atoms with Gasteiger partial charge in [-0.05, 0) is 32.0 Å². The van der Waals surface area contributed by atoms with E-state index in [0.29, 0.717) is 40.9 Å². The number of nitrogens with one attached hydrogen (secondary N) is 1. The summed E-state index contributed by atoms with van der Waals surface area (Å²) in [4.78, 5) is 18.8. The van der Waals surface area contributed by atoms with Crippen LogP contribution in [0.15, 0.2) is 18.2 Å². The number of piperazine rings is 1. The Morgan fingerprint density at radius 3 is 2.52 bits per heavy atom. The van der Waals surface area contributed by atoms with Crippen molar-refractivity contribution in [1.82, 2.24) is 15.2 Å². The summed E-state index contributed by atoms with van der Waals surface area (Å²) in [7, 11) is 0. The molecule has 1 atom stereocenters. The van der Waals surface area contributed by atoms with Crippen molar-refractivity contribution in [3.8, 4) is 0 Å². The Morgan fingerprint density at radius 1 is 1.28 bits per heavy atom. The molecule has 1 aromatic carbocycles. The van der Waals surface area contributed by atoms with E-state index in [1.165, 1.54) is 11.0 Å². The molecule has 1 aliphatic heterocycles. The van der Waals surface area contributed by atoms with Gasteiger partial charge >= 0.3 is 12.3 Å². The summed E-state index contributed by atoms with van der Waals surface area (Å²) < 4.78 is 51.9. The monoisotopic (exact) mass is 414 g/mol. The lowest BCUT2D eigenvalue weighted by Crippen LogP contribution is -2.49. The molecule has 1 saturated heterocycles. The van der Waals surface area contributed by atoms with E-state index in [1.54, 1.807) is 26.0 Å². The molecule has 1 unspecified atom stereocenters. The molecule has 1 fully saturated rings. The Labute approximate surface area is 165 Å². The minimum atomic E-state index is -4.26. The number of aromatic nitrogens is 1. The number of hydrogen-bond acceptors (Lipinski definition) is 4. The van der Waals surface area contributed by atoms with E-state index in [-0.39, 0.29) is 13.1 Å². The standard InChI is InChI=1S/C19H22F4N4O2/c1-11-15(20)4-3-13-9-14(12(2)24-18(28)29)17(25-16(11)13)27-7-5-26(6-8-27)10-19(21,22)23/h3-4,9,12,24H,5-8,10H2,1-2H3,(H,28,29). The summed E-state index contributed by atoms with van der Waals surface area (Å²) >= 11 is 0. The molecule has 2 heterocycles. The number of carbonyl (C=O) groups is 1. The summed E-state index contributed by atoms with van der Waals surface area (Å²) in [6.07, 6.45) is -5.46. The topological polar surface area (TPSA) is 68.7 Å². The number of halogens is 4. The van der Waals surface area contributed by atoms with Gasteiger partial charge in [0, 0.05) is 42.7 Å². The van der Waals surface area contributed by atoms with Gasteiger partial charge in [-0.25, -0.2) is 14.2 Å². The zero-order valence-electron chi connectivity index (χ0n) is 16.1. The van der Waals surface area contributed by atoms with E-state index in [9.17, 15) is 22.4 Å². The average molecular weight is 414 g/mol. The lowest BCUT2D eigenvalue weighted by molar-refractivity contribution is -0.146. The number of anilines is 1. The van der Waals surface area contributed by atoms with Gasteiger partial charge in [0.1, 0.15) is 11.6 Å². The summed E-state index contributed by atoms with van der Waals surface area (Å²) in [5, 5.41) is 12.1. The molecule has 1 aromatic heterocycles. The third-order valence-corrected chi connectivity index (χ3v) is 5.06. The number of pyridine rings is 1. The van der Waals surface area contributed by atoms with E-state index in [1.807, 2.05) is 4.90 Å². The van der Waals surface area contributed by atoms with Crippen molar-refractivity contribution in [1.29, 1.82) is 0 Å². The minimum absolute atomic E-state index is 0.196. The van der Waals surface area contributed by atoms with Gasteiger partial charge in [-0.1, -0.05) is 0 Å². The number of alkyl halides is 3. The van der Waals surface area contributed by atoms with E-state index >= 15 is 0 Å². The first-order valence-corrected chi connectivity index (χ1v) is 9.18. The number of nitrogens with zero attached hydrogens (tertiary/aromatic N) is 3. The zero-order chi connectivity index (χ0) is 21.3. The number of hydrogen-bond donors (Lipinski definition) is 2. The second-order valence-electron chi connectivity index (χ2n) is 7.19. The molecule has 10 heteroatoms. The van der Waals surface area contributed by atoms with Crippen molar-refractivity contribution < 1.29 is 27.5 Å². The molecule has 2 aromatic rings. The fraction of sp³-hybridized carbons (Fsp3) is 0.474. The normalized spacial score (nSPS) is 16.8. The van der Waals surface area contributed by atoms with Crippen LogP contribution in [0.3, 0.4) is 0 Å². The summed E-state index contributed by atoms with van der Waals surface area (Å²) in [5.41, 5.74) is 1.41. The van der Waals surface area contributed by atoms with E-state index in [4.69, 9.17) is 5.11 Å². The van der Waals surface area contributed by atoms with Crippen LogP contribution in [0.4, 0.5) is 28.2 Å². The molecule has 0 radical (unpaired) electrons. The van der Waals surface area contributed by atoms with Crippen molar-refractivity contribution in [3.05, 3.63) is 35.1 Å². The Hall–Kier alpha value is -2.62. The van der Waals surface area contributed by atoms with E-state index in [2.05, 4.69) is 10.3 Å². The van der Waals surface area contributed by atoms with Crippen LogP contribution in [0.5, 0.6) is 0 Å². The molecule has 3 rings (SSSR count). The highest BCUT2D eigenvalue weighted by Gasteiger charge is 2.33. The molecular weight excluding hydrogens is 392 g/mol. The van der Waals surface area contributed by atoms with Gasteiger partial charge in [-0.2, -0.15) is 13.2 Å². The molecule has 29 heavy (non-hydrogen) atoms. The second-order valence-corrected chi connectivity index (χ2v) is 7.19. The fourth-order valence-corrected chi connectivity index (χ4v) is 3.57. The maximum atomic E-state index is 14.0. The molecule has 1 aliphatic rings. The van der Waals surface area contributed by atoms with Crippen LogP contribution in [0.25, 0.3) is 10.9 Å². The van der Waals surface area contributed by atoms with Gasteiger partial charge in [-0.15, -0.1) is 0 Å². The van der Waals surface area contributed by atoms with Crippen LogP contribution in [-0.4, -0.2) is 60.0 Å². The lowest BCUT2D eigenvalue weighted by atomic mass is 10.0. The first kappa shape index (κ1) is 21.1. The van der Waals surface area contributed by atoms with Crippen LogP contribution in [0.1, 0.15) is 24.1 Å². The first-order chi connectivity index (χ1) is 13.5. The van der Waals surface area contributed by atoms with Gasteiger partial charge in [0.05, 0.1) is 18.1 Å². The van der Waals surface area contributed by atoms with Gasteiger partial charge in [0.25, 0.3) is 0 Å². The molecule has 0 aliphatic carbocycles. The maximum absolute atomic E-state index is 14.0. The van der Waals surface area contributed by atoms with Crippen molar-refractivity contribution in [2.45, 2.75) is 26.1 Å². The molecule has 6 nitrogen and oxygen atoms in total. The Kier molecular flexibility index (Phi) is 5.83. The number of aryl methyl sites for hydroxylation is 1. The molecule has 0 spiro atoms. The van der Waals surface area contributed by atoms with Crippen LogP contribution in [0.2, 0.25) is 0 Å². The van der Waals surface area contributed by atoms with E-state index in [0.717, 1.165) is 0 Å². The van der Waals surface area contributed by atoms with Gasteiger partial charge < -0.3 is 15.3 Å². The smallest absolute Gasteiger partial charge is 0.405 e. The molecule has 0 bridgehead atoms. The highest BCUT2D eigenvalue weighted by molar-refractivity contribution is 5.85. The fourth-order valence-electron chi connectivity index (χ4n) is 3.57. The highest BCUT2D eigenvalue weighted by atomic mass is 19.4. The summed E-state index contributed by atoms with van der Waals surface area (Å²) in [5.74, 6) is 0.0505. The van der Waals surface area contributed by atoms with Gasteiger partial charge in [0.15, 0.2) is 0 Å².